The lowest BCUT2D eigenvalue weighted by Gasteiger charge is -2.41. The maximum atomic E-state index is 14.1. The average Bonchev–Trinajstić information content (AvgIpc) is 3.54. The van der Waals surface area contributed by atoms with Crippen LogP contribution in [-0.4, -0.2) is 54.8 Å². The standard InChI is InChI=1S/C29H34N4O3/c1-36-17-26-20-14-15-33(27(20)19-9-3-6-12-23(19)31-26)29(35)21-10-4-7-13-24(21)32-28(34)25-16-18-8-2-5-11-22(18)30-25/h2-3,5-6,9,11-12,16,20-21,24,26-27,31H,4,7-8,10,13-15,17H2,1H3,(H,32,34)/t20-,21+,24-,26+,27+/m1/s1. The fourth-order valence-electron chi connectivity index (χ4n) is 6.73. The van der Waals surface area contributed by atoms with Gasteiger partial charge in [0.15, 0.2) is 0 Å². The van der Waals surface area contributed by atoms with Crippen molar-refractivity contribution in [2.45, 2.75) is 56.7 Å². The second-order valence-corrected chi connectivity index (χ2v) is 10.5. The highest BCUT2D eigenvalue weighted by Crippen LogP contribution is 2.47. The van der Waals surface area contributed by atoms with Gasteiger partial charge in [0.2, 0.25) is 5.91 Å². The Morgan fingerprint density at radius 3 is 2.92 bits per heavy atom. The maximum Gasteiger partial charge on any atom is 0.270 e. The number of amides is 2. The minimum atomic E-state index is -0.206. The van der Waals surface area contributed by atoms with Crippen molar-refractivity contribution in [2.75, 3.05) is 25.6 Å². The van der Waals surface area contributed by atoms with Gasteiger partial charge in [-0.2, -0.15) is 0 Å². The summed E-state index contributed by atoms with van der Waals surface area (Å²) in [7, 11) is 1.73. The van der Waals surface area contributed by atoms with Crippen LogP contribution in [0.3, 0.4) is 0 Å². The van der Waals surface area contributed by atoms with Crippen LogP contribution in [0.15, 0.2) is 64.8 Å². The first-order chi connectivity index (χ1) is 17.6. The topological polar surface area (TPSA) is 83.0 Å². The summed E-state index contributed by atoms with van der Waals surface area (Å²) in [5.74, 6) is 0.106. The molecule has 1 aromatic carbocycles. The number of allylic oxidation sites excluding steroid dienone is 4. The molecule has 3 heterocycles. The largest absolute Gasteiger partial charge is 0.383 e. The number of ether oxygens (including phenoxy) is 1. The third-order valence-electron chi connectivity index (χ3n) is 8.45. The van der Waals surface area contributed by atoms with Gasteiger partial charge in [-0.15, -0.1) is 0 Å². The van der Waals surface area contributed by atoms with E-state index in [-0.39, 0.29) is 35.9 Å². The van der Waals surface area contributed by atoms with E-state index in [1.807, 2.05) is 24.3 Å². The molecule has 3 aliphatic heterocycles. The molecule has 6 rings (SSSR count). The van der Waals surface area contributed by atoms with E-state index in [2.05, 4.69) is 44.8 Å². The smallest absolute Gasteiger partial charge is 0.270 e. The Balaban J connectivity index is 1.22. The van der Waals surface area contributed by atoms with Gasteiger partial charge >= 0.3 is 0 Å². The van der Waals surface area contributed by atoms with Crippen LogP contribution in [-0.2, 0) is 14.3 Å². The number of nitrogens with one attached hydrogen (secondary N) is 2. The van der Waals surface area contributed by atoms with Gasteiger partial charge in [0.1, 0.15) is 5.71 Å². The van der Waals surface area contributed by atoms with Gasteiger partial charge in [0, 0.05) is 31.3 Å². The maximum absolute atomic E-state index is 14.1. The van der Waals surface area contributed by atoms with Crippen LogP contribution < -0.4 is 10.6 Å². The van der Waals surface area contributed by atoms with Crippen LogP contribution in [0.5, 0.6) is 0 Å². The van der Waals surface area contributed by atoms with E-state index < -0.39 is 0 Å². The minimum Gasteiger partial charge on any atom is -0.383 e. The third kappa shape index (κ3) is 4.09. The van der Waals surface area contributed by atoms with Crippen LogP contribution in [0.25, 0.3) is 0 Å². The normalized spacial score (nSPS) is 30.3. The molecule has 2 N–H and O–H groups in total. The lowest BCUT2D eigenvalue weighted by atomic mass is 9.81. The molecule has 1 saturated carbocycles. The van der Waals surface area contributed by atoms with E-state index in [0.29, 0.717) is 18.2 Å². The summed E-state index contributed by atoms with van der Waals surface area (Å²) >= 11 is 0. The minimum absolute atomic E-state index is 0.0416. The van der Waals surface area contributed by atoms with Gasteiger partial charge in [-0.1, -0.05) is 43.2 Å². The zero-order chi connectivity index (χ0) is 24.6. The van der Waals surface area contributed by atoms with E-state index in [9.17, 15) is 9.59 Å². The van der Waals surface area contributed by atoms with Crippen LogP contribution in [0.4, 0.5) is 5.69 Å². The number of carbonyl (C=O) groups excluding carboxylic acids is 2. The van der Waals surface area contributed by atoms with E-state index in [1.54, 1.807) is 7.11 Å². The number of benzene rings is 1. The van der Waals surface area contributed by atoms with Crippen molar-refractivity contribution in [3.05, 3.63) is 65.4 Å². The quantitative estimate of drug-likeness (QED) is 0.661. The predicted octanol–water partition coefficient (Wildman–Crippen LogP) is 3.92. The molecular weight excluding hydrogens is 452 g/mol. The Labute approximate surface area is 212 Å². The monoisotopic (exact) mass is 486 g/mol. The van der Waals surface area contributed by atoms with Crippen molar-refractivity contribution in [1.29, 1.82) is 0 Å². The van der Waals surface area contributed by atoms with Gasteiger partial charge in [-0.3, -0.25) is 9.59 Å². The second kappa shape index (κ2) is 9.69. The van der Waals surface area contributed by atoms with Crippen LogP contribution >= 0.6 is 0 Å². The first-order valence-corrected chi connectivity index (χ1v) is 13.3. The molecule has 188 valence electrons. The first-order valence-electron chi connectivity index (χ1n) is 13.3. The van der Waals surface area contributed by atoms with Crippen LogP contribution in [0, 0.1) is 11.8 Å². The van der Waals surface area contributed by atoms with Crippen molar-refractivity contribution in [3.63, 3.8) is 0 Å². The zero-order valence-electron chi connectivity index (χ0n) is 20.8. The molecule has 0 bridgehead atoms. The van der Waals surface area contributed by atoms with Gasteiger partial charge in [-0.05, 0) is 55.0 Å². The SMILES string of the molecule is COC[C@@H]1Nc2ccccc2[C@H]2[C@@H]1CCN2C(=O)[C@H]1CCCC[C@H]1NC(=O)C1=NC2=CC=CCC2=C1. The number of methoxy groups -OCH3 is 1. The fourth-order valence-corrected chi connectivity index (χ4v) is 6.73. The average molecular weight is 487 g/mol. The van der Waals surface area contributed by atoms with E-state index >= 15 is 0 Å². The van der Waals surface area contributed by atoms with Gasteiger partial charge in [0.05, 0.1) is 30.3 Å². The number of para-hydroxylation sites is 1. The number of aliphatic imine (C=N–C) groups is 1. The lowest BCUT2D eigenvalue weighted by molar-refractivity contribution is -0.139. The molecule has 2 fully saturated rings. The number of nitrogens with zero attached hydrogens (tertiary/aromatic N) is 2. The number of hydrogen-bond donors (Lipinski definition) is 2. The first kappa shape index (κ1) is 23.2. The Kier molecular flexibility index (Phi) is 6.25. The summed E-state index contributed by atoms with van der Waals surface area (Å²) in [6, 6.07) is 8.38. The summed E-state index contributed by atoms with van der Waals surface area (Å²) < 4.78 is 5.52. The number of fused-ring (bicyclic) bond motifs is 4. The molecule has 36 heavy (non-hydrogen) atoms. The van der Waals surface area contributed by atoms with E-state index in [1.165, 1.54) is 5.56 Å². The number of hydrogen-bond acceptors (Lipinski definition) is 5. The molecule has 5 atom stereocenters. The molecule has 5 aliphatic rings. The molecule has 2 aliphatic carbocycles. The summed E-state index contributed by atoms with van der Waals surface area (Å²) in [5.41, 5.74) is 4.68. The molecule has 0 unspecified atom stereocenters. The number of likely N-dealkylation sites (tertiary alicyclic amines) is 1. The number of anilines is 1. The molecule has 7 nitrogen and oxygen atoms in total. The zero-order valence-corrected chi connectivity index (χ0v) is 20.8. The highest BCUT2D eigenvalue weighted by atomic mass is 16.5. The summed E-state index contributed by atoms with van der Waals surface area (Å²) in [4.78, 5) is 33.9. The number of rotatable bonds is 5. The lowest BCUT2D eigenvalue weighted by Crippen LogP contribution is -2.51. The van der Waals surface area contributed by atoms with Crippen molar-refractivity contribution >= 4 is 23.2 Å². The van der Waals surface area contributed by atoms with Crippen molar-refractivity contribution in [1.82, 2.24) is 10.2 Å². The molecule has 1 aromatic rings. The van der Waals surface area contributed by atoms with Gasteiger partial charge < -0.3 is 20.3 Å². The highest BCUT2D eigenvalue weighted by Gasteiger charge is 2.48. The molecule has 0 aromatic heterocycles. The van der Waals surface area contributed by atoms with Gasteiger partial charge in [0.25, 0.3) is 5.91 Å². The van der Waals surface area contributed by atoms with Crippen molar-refractivity contribution in [2.24, 2.45) is 16.8 Å². The van der Waals surface area contributed by atoms with Crippen LogP contribution in [0.2, 0.25) is 0 Å². The molecule has 7 heteroatoms. The van der Waals surface area contributed by atoms with Crippen molar-refractivity contribution in [3.8, 4) is 0 Å². The molecule has 2 amide bonds. The van der Waals surface area contributed by atoms with Crippen LogP contribution in [0.1, 0.15) is 50.1 Å². The Morgan fingerprint density at radius 1 is 1.19 bits per heavy atom. The summed E-state index contributed by atoms with van der Waals surface area (Å²) in [6.45, 7) is 1.35. The van der Waals surface area contributed by atoms with Gasteiger partial charge in [-0.25, -0.2) is 4.99 Å². The number of carbonyl (C=O) groups is 2. The second-order valence-electron chi connectivity index (χ2n) is 10.5. The van der Waals surface area contributed by atoms with Crippen molar-refractivity contribution < 1.29 is 14.3 Å². The summed E-state index contributed by atoms with van der Waals surface area (Å²) in [5, 5.41) is 6.85. The Morgan fingerprint density at radius 2 is 2.06 bits per heavy atom. The van der Waals surface area contributed by atoms with E-state index in [0.717, 1.165) is 62.0 Å². The highest BCUT2D eigenvalue weighted by molar-refractivity contribution is 6.44. The molecular formula is C29H34N4O3. The molecule has 0 radical (unpaired) electrons. The Bertz CT molecular complexity index is 1180. The molecule has 1 saturated heterocycles. The molecule has 0 spiro atoms. The third-order valence-corrected chi connectivity index (χ3v) is 8.45. The summed E-state index contributed by atoms with van der Waals surface area (Å²) in [6.07, 6.45) is 13.3. The Hall–Kier alpha value is -3.19. The van der Waals surface area contributed by atoms with E-state index in [4.69, 9.17) is 4.74 Å². The predicted molar refractivity (Wildman–Crippen MR) is 140 cm³/mol. The fraction of sp³-hybridized carbons (Fsp3) is 0.483.